The van der Waals surface area contributed by atoms with Gasteiger partial charge in [0.15, 0.2) is 0 Å². The Balaban J connectivity index is 1.29. The maximum atomic E-state index is 13.4. The number of allylic oxidation sites excluding steroid dienone is 1. The predicted octanol–water partition coefficient (Wildman–Crippen LogP) is 2.15. The van der Waals surface area contributed by atoms with Gasteiger partial charge in [0, 0.05) is 43.0 Å². The third kappa shape index (κ3) is 3.96. The number of morpholine rings is 1. The van der Waals surface area contributed by atoms with Crippen molar-refractivity contribution in [2.45, 2.75) is 32.9 Å². The summed E-state index contributed by atoms with van der Waals surface area (Å²) < 4.78 is 7.30. The second kappa shape index (κ2) is 8.92. The van der Waals surface area contributed by atoms with Gasteiger partial charge in [0.2, 0.25) is 5.95 Å². The van der Waals surface area contributed by atoms with Crippen molar-refractivity contribution in [3.05, 3.63) is 41.9 Å². The highest BCUT2D eigenvalue weighted by Gasteiger charge is 2.32. The van der Waals surface area contributed by atoms with Gasteiger partial charge in [-0.2, -0.15) is 5.10 Å². The lowest BCUT2D eigenvalue weighted by molar-refractivity contribution is -0.113. The standard InChI is InChI=1S/C24H27N11O2/c1-13-11-34(7-8-37-13)20-10-19(25-12-26-20)22-17-9-16(5-6-18(17)28-29-22)27-23(36)21-14(2)33(4)24-30-31-32-35(24)15(21)3/h5-6,9-10,12-13,15H,7-8,11H2,1-4H3,(H,27,36)(H,28,29)/t13-,15+/m0/s1. The molecular weight excluding hydrogens is 474 g/mol. The Labute approximate surface area is 212 Å². The van der Waals surface area contributed by atoms with Crippen LogP contribution < -0.4 is 15.1 Å². The molecule has 0 saturated carbocycles. The van der Waals surface area contributed by atoms with E-state index in [1.807, 2.05) is 50.1 Å². The summed E-state index contributed by atoms with van der Waals surface area (Å²) in [6.45, 7) is 8.05. The van der Waals surface area contributed by atoms with Crippen LogP contribution in [0.5, 0.6) is 0 Å². The van der Waals surface area contributed by atoms with Crippen LogP contribution in [0.15, 0.2) is 41.9 Å². The van der Waals surface area contributed by atoms with Crippen LogP contribution in [-0.4, -0.2) is 79.1 Å². The number of rotatable bonds is 4. The van der Waals surface area contributed by atoms with Gasteiger partial charge >= 0.3 is 0 Å². The lowest BCUT2D eigenvalue weighted by Crippen LogP contribution is -2.41. The fourth-order valence-electron chi connectivity index (χ4n) is 4.93. The van der Waals surface area contributed by atoms with E-state index in [1.165, 1.54) is 0 Å². The van der Waals surface area contributed by atoms with Crippen LogP contribution in [0.1, 0.15) is 26.8 Å². The number of aromatic nitrogens is 8. The molecule has 1 fully saturated rings. The number of amides is 1. The first-order valence-electron chi connectivity index (χ1n) is 12.1. The first-order chi connectivity index (χ1) is 17.9. The monoisotopic (exact) mass is 501 g/mol. The smallest absolute Gasteiger partial charge is 0.255 e. The van der Waals surface area contributed by atoms with Crippen LogP contribution in [0.3, 0.4) is 0 Å². The number of nitrogens with one attached hydrogen (secondary N) is 2. The number of anilines is 3. The van der Waals surface area contributed by atoms with Gasteiger partial charge in [-0.1, -0.05) is 5.10 Å². The minimum Gasteiger partial charge on any atom is -0.375 e. The van der Waals surface area contributed by atoms with Gasteiger partial charge in [-0.15, -0.1) is 0 Å². The molecule has 190 valence electrons. The fraction of sp³-hybridized carbons (Fsp3) is 0.375. The minimum atomic E-state index is -0.309. The number of carbonyl (C=O) groups is 1. The van der Waals surface area contributed by atoms with Crippen LogP contribution >= 0.6 is 0 Å². The van der Waals surface area contributed by atoms with Crippen molar-refractivity contribution in [2.24, 2.45) is 0 Å². The molecule has 2 N–H and O–H groups in total. The second-order valence-corrected chi connectivity index (χ2v) is 9.33. The number of nitrogens with zero attached hydrogens (tertiary/aromatic N) is 9. The number of ether oxygens (including phenoxy) is 1. The molecule has 0 aliphatic carbocycles. The van der Waals surface area contributed by atoms with Crippen molar-refractivity contribution in [3.8, 4) is 11.4 Å². The molecule has 2 aliphatic heterocycles. The Bertz CT molecular complexity index is 1520. The van der Waals surface area contributed by atoms with Gasteiger partial charge in [-0.25, -0.2) is 14.6 Å². The molecule has 0 radical (unpaired) electrons. The van der Waals surface area contributed by atoms with Crippen molar-refractivity contribution in [2.75, 3.05) is 41.9 Å². The summed E-state index contributed by atoms with van der Waals surface area (Å²) in [4.78, 5) is 26.4. The van der Waals surface area contributed by atoms with Gasteiger partial charge in [0.25, 0.3) is 5.91 Å². The zero-order valence-electron chi connectivity index (χ0n) is 21.0. The normalized spacial score (nSPS) is 19.9. The SMILES string of the molecule is CC1=C(C(=O)Nc2ccc3[nH]nc(-c4cc(N5CCO[C@@H](C)C5)ncn4)c3c2)[C@@H](C)n2nnnc2N1C. The lowest BCUT2D eigenvalue weighted by Gasteiger charge is -2.32. The van der Waals surface area contributed by atoms with E-state index in [-0.39, 0.29) is 18.1 Å². The van der Waals surface area contributed by atoms with E-state index in [1.54, 1.807) is 11.0 Å². The van der Waals surface area contributed by atoms with E-state index in [4.69, 9.17) is 4.74 Å². The molecule has 1 amide bonds. The van der Waals surface area contributed by atoms with Gasteiger partial charge in [0.1, 0.15) is 17.8 Å². The number of aromatic amines is 1. The number of hydrogen-bond acceptors (Lipinski definition) is 10. The highest BCUT2D eigenvalue weighted by atomic mass is 16.5. The molecule has 13 nitrogen and oxygen atoms in total. The topological polar surface area (TPSA) is 143 Å². The molecule has 2 atom stereocenters. The first-order valence-corrected chi connectivity index (χ1v) is 12.1. The molecule has 4 aromatic rings. The molecule has 2 aliphatic rings. The Hall–Kier alpha value is -4.39. The quantitative estimate of drug-likeness (QED) is 0.427. The van der Waals surface area contributed by atoms with E-state index in [9.17, 15) is 4.79 Å². The summed E-state index contributed by atoms with van der Waals surface area (Å²) in [7, 11) is 1.84. The molecular formula is C24H27N11O2. The van der Waals surface area contributed by atoms with Gasteiger partial charge in [0.05, 0.1) is 35.5 Å². The molecule has 1 aromatic carbocycles. The van der Waals surface area contributed by atoms with Gasteiger partial charge < -0.3 is 19.9 Å². The van der Waals surface area contributed by atoms with Crippen molar-refractivity contribution in [1.29, 1.82) is 0 Å². The van der Waals surface area contributed by atoms with E-state index < -0.39 is 0 Å². The van der Waals surface area contributed by atoms with Crippen LogP contribution in [-0.2, 0) is 9.53 Å². The van der Waals surface area contributed by atoms with Gasteiger partial charge in [-0.05, 0) is 49.4 Å². The number of carbonyl (C=O) groups excluding carboxylic acids is 1. The minimum absolute atomic E-state index is 0.141. The Kier molecular flexibility index (Phi) is 5.56. The maximum absolute atomic E-state index is 13.4. The molecule has 0 unspecified atom stereocenters. The number of H-pyrrole nitrogens is 1. The number of tetrazole rings is 1. The predicted molar refractivity (Wildman–Crippen MR) is 137 cm³/mol. The van der Waals surface area contributed by atoms with Crippen LogP contribution in [0.25, 0.3) is 22.3 Å². The number of benzene rings is 1. The number of hydrogen-bond donors (Lipinski definition) is 2. The van der Waals surface area contributed by atoms with E-state index >= 15 is 0 Å². The zero-order valence-corrected chi connectivity index (χ0v) is 21.0. The Morgan fingerprint density at radius 3 is 2.92 bits per heavy atom. The number of fused-ring (bicyclic) bond motifs is 2. The lowest BCUT2D eigenvalue weighted by atomic mass is 10.0. The summed E-state index contributed by atoms with van der Waals surface area (Å²) >= 11 is 0. The highest BCUT2D eigenvalue weighted by Crippen LogP contribution is 2.33. The summed E-state index contributed by atoms with van der Waals surface area (Å²) in [6.07, 6.45) is 1.70. The fourth-order valence-corrected chi connectivity index (χ4v) is 4.93. The summed E-state index contributed by atoms with van der Waals surface area (Å²) in [5.74, 6) is 1.22. The van der Waals surface area contributed by atoms with Crippen LogP contribution in [0.2, 0.25) is 0 Å². The largest absolute Gasteiger partial charge is 0.375 e. The van der Waals surface area contributed by atoms with Gasteiger partial charge in [-0.3, -0.25) is 9.89 Å². The first kappa shape index (κ1) is 23.0. The third-order valence-corrected chi connectivity index (χ3v) is 6.98. The third-order valence-electron chi connectivity index (χ3n) is 6.98. The molecule has 0 bridgehead atoms. The Morgan fingerprint density at radius 2 is 2.08 bits per heavy atom. The highest BCUT2D eigenvalue weighted by molar-refractivity contribution is 6.07. The maximum Gasteiger partial charge on any atom is 0.255 e. The van der Waals surface area contributed by atoms with Crippen LogP contribution in [0, 0.1) is 0 Å². The van der Waals surface area contributed by atoms with Crippen LogP contribution in [0.4, 0.5) is 17.5 Å². The summed E-state index contributed by atoms with van der Waals surface area (Å²) in [5, 5.41) is 23.3. The average Bonchev–Trinajstić information content (AvgIpc) is 3.55. The molecule has 3 aromatic heterocycles. The summed E-state index contributed by atoms with van der Waals surface area (Å²) in [5.41, 5.74) is 4.27. The molecule has 0 spiro atoms. The molecule has 5 heterocycles. The zero-order chi connectivity index (χ0) is 25.7. The molecule has 6 rings (SSSR count). The van der Waals surface area contributed by atoms with Crippen molar-refractivity contribution >= 4 is 34.3 Å². The molecule has 37 heavy (non-hydrogen) atoms. The van der Waals surface area contributed by atoms with E-state index in [0.717, 1.165) is 35.5 Å². The summed E-state index contributed by atoms with van der Waals surface area (Å²) in [6, 6.07) is 7.27. The molecule has 1 saturated heterocycles. The van der Waals surface area contributed by atoms with E-state index in [2.05, 4.69) is 52.8 Å². The van der Waals surface area contributed by atoms with Crippen molar-refractivity contribution < 1.29 is 9.53 Å². The molecule has 13 heteroatoms. The van der Waals surface area contributed by atoms with Crippen molar-refractivity contribution in [3.63, 3.8) is 0 Å². The average molecular weight is 502 g/mol. The van der Waals surface area contributed by atoms with Crippen molar-refractivity contribution in [1.82, 2.24) is 40.4 Å². The Morgan fingerprint density at radius 1 is 1.22 bits per heavy atom. The second-order valence-electron chi connectivity index (χ2n) is 9.33. The van der Waals surface area contributed by atoms with E-state index in [0.29, 0.717) is 35.2 Å².